The van der Waals surface area contributed by atoms with E-state index < -0.39 is 28.2 Å². The Kier molecular flexibility index (Phi) is 5.85. The summed E-state index contributed by atoms with van der Waals surface area (Å²) in [6.07, 6.45) is 0.570. The van der Waals surface area contributed by atoms with Gasteiger partial charge in [-0.15, -0.1) is 0 Å². The zero-order valence-electron chi connectivity index (χ0n) is 18.2. The number of H-pyrrole nitrogens is 1. The molecule has 0 bridgehead atoms. The van der Waals surface area contributed by atoms with Crippen LogP contribution in [0.25, 0.3) is 22.0 Å². The Morgan fingerprint density at radius 2 is 1.81 bits per heavy atom. The standard InChI is InChI=1S/C18H22F2N6O3.C2H6/c1-18(2,3)26-13-8(15(27)9-16(28)24-29-17(9)26)12(23-22)10(19)14(11(13)20)25-5-4-7(21)6-25;1-2/h7,23H,4-6,21-22H2,1-3H3,(H,24,28);1-2H3. The van der Waals surface area contributed by atoms with Crippen molar-refractivity contribution in [3.8, 4) is 0 Å². The minimum Gasteiger partial charge on any atom is -0.365 e. The number of nitrogens with one attached hydrogen (secondary N) is 2. The molecule has 1 unspecified atom stereocenters. The highest BCUT2D eigenvalue weighted by Crippen LogP contribution is 2.39. The third kappa shape index (κ3) is 3.37. The summed E-state index contributed by atoms with van der Waals surface area (Å²) < 4.78 is 37.8. The first-order valence-electron chi connectivity index (χ1n) is 10.2. The predicted molar refractivity (Wildman–Crippen MR) is 117 cm³/mol. The molecule has 0 spiro atoms. The zero-order valence-corrected chi connectivity index (χ0v) is 18.2. The minimum absolute atomic E-state index is 0.127. The van der Waals surface area contributed by atoms with Crippen LogP contribution < -0.4 is 32.9 Å². The van der Waals surface area contributed by atoms with E-state index in [0.717, 1.165) is 0 Å². The van der Waals surface area contributed by atoms with Gasteiger partial charge in [0.25, 0.3) is 5.56 Å². The second-order valence-corrected chi connectivity index (χ2v) is 8.26. The molecule has 1 fully saturated rings. The summed E-state index contributed by atoms with van der Waals surface area (Å²) in [7, 11) is 0. The van der Waals surface area contributed by atoms with Crippen molar-refractivity contribution in [2.45, 2.75) is 52.6 Å². The van der Waals surface area contributed by atoms with Gasteiger partial charge in [0.05, 0.1) is 10.9 Å². The van der Waals surface area contributed by atoms with Crippen molar-refractivity contribution in [2.24, 2.45) is 11.6 Å². The number of hydrogen-bond acceptors (Lipinski definition) is 7. The second-order valence-electron chi connectivity index (χ2n) is 8.26. The van der Waals surface area contributed by atoms with E-state index in [1.165, 1.54) is 9.47 Å². The molecule has 1 saturated heterocycles. The van der Waals surface area contributed by atoms with Crippen molar-refractivity contribution >= 4 is 33.4 Å². The van der Waals surface area contributed by atoms with Crippen molar-refractivity contribution in [1.82, 2.24) is 9.72 Å². The normalized spacial score (nSPS) is 16.7. The molecule has 1 aliphatic rings. The maximum absolute atomic E-state index is 15.9. The number of nitrogens with zero attached hydrogens (tertiary/aromatic N) is 2. The topological polar surface area (TPSA) is 135 Å². The van der Waals surface area contributed by atoms with Gasteiger partial charge in [-0.1, -0.05) is 13.8 Å². The van der Waals surface area contributed by atoms with E-state index in [2.05, 4.69) is 10.6 Å². The van der Waals surface area contributed by atoms with Gasteiger partial charge in [0.1, 0.15) is 11.4 Å². The van der Waals surface area contributed by atoms with Gasteiger partial charge in [0.15, 0.2) is 17.0 Å². The number of nitrogen functional groups attached to an aromatic ring is 1. The fraction of sp³-hybridized carbons (Fsp3) is 0.500. The molecule has 1 aromatic carbocycles. The predicted octanol–water partition coefficient (Wildman–Crippen LogP) is 2.32. The van der Waals surface area contributed by atoms with Crippen LogP contribution in [-0.4, -0.2) is 28.9 Å². The van der Waals surface area contributed by atoms with Gasteiger partial charge >= 0.3 is 0 Å². The van der Waals surface area contributed by atoms with E-state index in [9.17, 15) is 9.59 Å². The molecular formula is C20H28F2N6O3. The molecule has 0 amide bonds. The van der Waals surface area contributed by atoms with Crippen LogP contribution in [0.5, 0.6) is 0 Å². The number of hydrogen-bond donors (Lipinski definition) is 4. The third-order valence-corrected chi connectivity index (χ3v) is 5.25. The molecule has 1 atom stereocenters. The molecule has 11 heteroatoms. The molecule has 6 N–H and O–H groups in total. The number of fused-ring (bicyclic) bond motifs is 2. The third-order valence-electron chi connectivity index (χ3n) is 5.25. The van der Waals surface area contributed by atoms with E-state index in [-0.39, 0.29) is 46.0 Å². The summed E-state index contributed by atoms with van der Waals surface area (Å²) in [6, 6.07) is -0.228. The van der Waals surface area contributed by atoms with Gasteiger partial charge in [-0.3, -0.25) is 15.4 Å². The maximum Gasteiger partial charge on any atom is 0.293 e. The van der Waals surface area contributed by atoms with Crippen LogP contribution in [0.3, 0.4) is 0 Å². The number of nitrogens with two attached hydrogens (primary N) is 2. The molecule has 170 valence electrons. The molecule has 31 heavy (non-hydrogen) atoms. The van der Waals surface area contributed by atoms with Crippen LogP contribution in [0.1, 0.15) is 41.0 Å². The largest absolute Gasteiger partial charge is 0.365 e. The fourth-order valence-electron chi connectivity index (χ4n) is 4.02. The van der Waals surface area contributed by atoms with E-state index in [1.54, 1.807) is 20.8 Å². The van der Waals surface area contributed by atoms with Crippen LogP contribution >= 0.6 is 0 Å². The SMILES string of the molecule is CC.CC(C)(C)n1c2o[nH]c(=O)c2c(=O)c2c(NN)c(F)c(N3CCC(N)C3)c(F)c21. The Bertz CT molecular complexity index is 1250. The Morgan fingerprint density at radius 3 is 2.32 bits per heavy atom. The lowest BCUT2D eigenvalue weighted by Gasteiger charge is -2.28. The summed E-state index contributed by atoms with van der Waals surface area (Å²) in [5, 5.41) is 1.41. The van der Waals surface area contributed by atoms with Crippen molar-refractivity contribution < 1.29 is 13.3 Å². The Hall–Kier alpha value is -2.92. The zero-order chi connectivity index (χ0) is 23.2. The first-order chi connectivity index (χ1) is 14.6. The van der Waals surface area contributed by atoms with Gasteiger partial charge < -0.3 is 25.1 Å². The number of hydrazine groups is 1. The lowest BCUT2D eigenvalue weighted by Crippen LogP contribution is -2.31. The summed E-state index contributed by atoms with van der Waals surface area (Å²) in [4.78, 5) is 26.7. The number of halogens is 2. The Balaban J connectivity index is 0.00000132. The minimum atomic E-state index is -1.01. The highest BCUT2D eigenvalue weighted by Gasteiger charge is 2.34. The molecule has 2 aromatic heterocycles. The number of rotatable bonds is 2. The summed E-state index contributed by atoms with van der Waals surface area (Å²) in [6.45, 7) is 9.84. The van der Waals surface area contributed by atoms with Gasteiger partial charge in [-0.2, -0.15) is 5.16 Å². The van der Waals surface area contributed by atoms with E-state index in [4.69, 9.17) is 16.1 Å². The molecule has 3 heterocycles. The summed E-state index contributed by atoms with van der Waals surface area (Å²) in [5.41, 5.74) is 4.55. The van der Waals surface area contributed by atoms with Crippen molar-refractivity contribution in [3.05, 3.63) is 32.2 Å². The number of aromatic nitrogens is 2. The number of benzene rings is 1. The number of pyridine rings is 1. The molecule has 0 saturated carbocycles. The second kappa shape index (κ2) is 7.97. The molecule has 0 aliphatic carbocycles. The summed E-state index contributed by atoms with van der Waals surface area (Å²) >= 11 is 0. The van der Waals surface area contributed by atoms with Crippen LogP contribution in [-0.2, 0) is 5.54 Å². The van der Waals surface area contributed by atoms with Crippen molar-refractivity contribution in [2.75, 3.05) is 23.4 Å². The molecule has 3 aromatic rings. The molecule has 0 radical (unpaired) electrons. The van der Waals surface area contributed by atoms with Crippen LogP contribution in [0.2, 0.25) is 0 Å². The van der Waals surface area contributed by atoms with Crippen molar-refractivity contribution in [3.63, 3.8) is 0 Å². The van der Waals surface area contributed by atoms with Crippen LogP contribution in [0.4, 0.5) is 20.2 Å². The van der Waals surface area contributed by atoms with Gasteiger partial charge in [0, 0.05) is 24.7 Å². The van der Waals surface area contributed by atoms with Gasteiger partial charge in [0.2, 0.25) is 11.1 Å². The summed E-state index contributed by atoms with van der Waals surface area (Å²) in [5.74, 6) is 3.58. The highest BCUT2D eigenvalue weighted by molar-refractivity contribution is 6.01. The molecular weight excluding hydrogens is 410 g/mol. The van der Waals surface area contributed by atoms with E-state index >= 15 is 8.78 Å². The molecule has 1 aliphatic heterocycles. The van der Waals surface area contributed by atoms with Crippen LogP contribution in [0, 0.1) is 11.6 Å². The average Bonchev–Trinajstić information content (AvgIpc) is 3.30. The maximum atomic E-state index is 15.9. The Morgan fingerprint density at radius 1 is 1.16 bits per heavy atom. The molecule has 9 nitrogen and oxygen atoms in total. The fourth-order valence-corrected chi connectivity index (χ4v) is 4.02. The quantitative estimate of drug-likeness (QED) is 0.356. The smallest absolute Gasteiger partial charge is 0.293 e. The van der Waals surface area contributed by atoms with E-state index in [0.29, 0.717) is 13.0 Å². The highest BCUT2D eigenvalue weighted by atomic mass is 19.1. The van der Waals surface area contributed by atoms with Gasteiger partial charge in [-0.25, -0.2) is 8.78 Å². The first-order valence-corrected chi connectivity index (χ1v) is 10.2. The van der Waals surface area contributed by atoms with Gasteiger partial charge in [-0.05, 0) is 27.2 Å². The monoisotopic (exact) mass is 438 g/mol. The molecule has 4 rings (SSSR count). The van der Waals surface area contributed by atoms with E-state index in [1.807, 2.05) is 13.8 Å². The number of anilines is 2. The lowest BCUT2D eigenvalue weighted by atomic mass is 10.0. The van der Waals surface area contributed by atoms with Crippen LogP contribution in [0.15, 0.2) is 14.1 Å². The average molecular weight is 438 g/mol. The lowest BCUT2D eigenvalue weighted by molar-refractivity contribution is 0.364. The first kappa shape index (κ1) is 22.8. The van der Waals surface area contributed by atoms with Crippen molar-refractivity contribution in [1.29, 1.82) is 0 Å². The number of aromatic amines is 1. The Labute approximate surface area is 176 Å².